The molecule has 0 fully saturated rings. The van der Waals surface area contributed by atoms with Gasteiger partial charge in [-0.25, -0.2) is 0 Å². The summed E-state index contributed by atoms with van der Waals surface area (Å²) in [5.41, 5.74) is 21.3. The van der Waals surface area contributed by atoms with Gasteiger partial charge in [0.25, 0.3) is 0 Å². The first-order valence-corrected chi connectivity index (χ1v) is 26.1. The molecule has 2 aliphatic carbocycles. The lowest BCUT2D eigenvalue weighted by Crippen LogP contribution is -2.29. The maximum absolute atomic E-state index is 5.82. The van der Waals surface area contributed by atoms with E-state index in [9.17, 15) is 0 Å². The number of methoxy groups -OCH3 is 1. The Balaban J connectivity index is 1.00. The van der Waals surface area contributed by atoms with Crippen molar-refractivity contribution < 1.29 is 4.74 Å². The van der Waals surface area contributed by atoms with Crippen LogP contribution in [-0.4, -0.2) is 11.7 Å². The van der Waals surface area contributed by atoms with Crippen molar-refractivity contribution in [3.63, 3.8) is 0 Å². The summed E-state index contributed by atoms with van der Waals surface area (Å²) in [6.45, 7) is 8.59. The monoisotopic (exact) mass is 946 g/mol. The third kappa shape index (κ3) is 8.59. The first-order valence-electron chi connectivity index (χ1n) is 26.1. The van der Waals surface area contributed by atoms with Crippen LogP contribution in [0.25, 0.3) is 50.5 Å². The quantitative estimate of drug-likeness (QED) is 0.0898. The van der Waals surface area contributed by atoms with Crippen LogP contribution in [0.4, 0.5) is 17.1 Å². The lowest BCUT2D eigenvalue weighted by molar-refractivity contribution is 0.410. The first-order chi connectivity index (χ1) is 36.0. The zero-order valence-electron chi connectivity index (χ0n) is 42.3. The molecule has 0 N–H and O–H groups in total. The van der Waals surface area contributed by atoms with E-state index in [0.29, 0.717) is 0 Å². The summed E-state index contributed by atoms with van der Waals surface area (Å²) in [6.07, 6.45) is 21.9. The molecule has 9 aromatic rings. The fourth-order valence-corrected chi connectivity index (χ4v) is 11.5. The van der Waals surface area contributed by atoms with Crippen molar-refractivity contribution in [2.24, 2.45) is 0 Å². The number of hydrogen-bond acceptors (Lipinski definition) is 2. The summed E-state index contributed by atoms with van der Waals surface area (Å²) in [6, 6.07) is 71.7. The number of benzene rings is 8. The Morgan fingerprint density at radius 3 is 2.07 bits per heavy atom. The van der Waals surface area contributed by atoms with E-state index >= 15 is 0 Å². The molecule has 0 saturated carbocycles. The summed E-state index contributed by atoms with van der Waals surface area (Å²) in [5.74, 6) is 0.909. The smallest absolute Gasteiger partial charge is 0.122 e. The molecule has 1 aromatic heterocycles. The Morgan fingerprint density at radius 2 is 1.34 bits per heavy atom. The van der Waals surface area contributed by atoms with E-state index in [1.165, 1.54) is 72.3 Å². The molecular weight excluding hydrogens is 885 g/mol. The lowest BCUT2D eigenvalue weighted by atomic mass is 9.66. The highest BCUT2D eigenvalue weighted by molar-refractivity contribution is 5.92. The fourth-order valence-electron chi connectivity index (χ4n) is 11.5. The van der Waals surface area contributed by atoms with Crippen LogP contribution >= 0.6 is 0 Å². The number of unbranched alkanes of at least 4 members (excludes halogenated alkanes) is 1. The third-order valence-electron chi connectivity index (χ3n) is 14.9. The van der Waals surface area contributed by atoms with Crippen LogP contribution in [0.3, 0.4) is 0 Å². The highest BCUT2D eigenvalue weighted by Crippen LogP contribution is 2.58. The first kappa shape index (κ1) is 47.0. The molecule has 3 nitrogen and oxygen atoms in total. The van der Waals surface area contributed by atoms with Gasteiger partial charge in [0, 0.05) is 34.6 Å². The molecule has 1 unspecified atom stereocenters. The lowest BCUT2D eigenvalue weighted by Gasteiger charge is -2.36. The standard InChI is InChI=1S/C70H62N2O/c1-5-8-22-50(7-3)51-34-40-57(41-35-51)71(60-46-47-62-61-28-17-19-30-65(61)70(66(62)49-60,55-24-12-10-13-25-55)56-26-14-11-15-27-56)58-42-36-52(37-43-58)53-38-44-59(45-39-53)72-67-32-20-18-29-63(67)64(68(72)31-9-6-2)48-54-23-16-21-33-69(54)73-4/h7,9-10,12-14,16-47,49H,3,5-6,8,11,15,48H2,1-2,4H3/b31-9-,50-22+. The molecule has 3 heteroatoms. The number of allylic oxidation sites excluding steroid dienone is 8. The Hall–Kier alpha value is -8.40. The number of anilines is 3. The van der Waals surface area contributed by atoms with Gasteiger partial charge in [0.05, 0.1) is 23.7 Å². The average molecular weight is 947 g/mol. The molecule has 358 valence electrons. The van der Waals surface area contributed by atoms with Crippen molar-refractivity contribution in [1.82, 2.24) is 4.57 Å². The Kier molecular flexibility index (Phi) is 13.3. The van der Waals surface area contributed by atoms with Gasteiger partial charge in [0.1, 0.15) is 5.75 Å². The fraction of sp³-hybridized carbons (Fsp3) is 0.143. The molecule has 73 heavy (non-hydrogen) atoms. The zero-order chi connectivity index (χ0) is 49.7. The minimum Gasteiger partial charge on any atom is -0.496 e. The van der Waals surface area contributed by atoms with Gasteiger partial charge in [-0.3, -0.25) is 0 Å². The molecule has 0 radical (unpaired) electrons. The van der Waals surface area contributed by atoms with Gasteiger partial charge < -0.3 is 14.2 Å². The van der Waals surface area contributed by atoms with E-state index in [1.807, 2.05) is 12.1 Å². The molecular formula is C70H62N2O. The molecule has 0 aliphatic heterocycles. The van der Waals surface area contributed by atoms with Crippen molar-refractivity contribution in [2.45, 2.75) is 57.8 Å². The van der Waals surface area contributed by atoms with E-state index in [-0.39, 0.29) is 0 Å². The van der Waals surface area contributed by atoms with Crippen LogP contribution in [0.5, 0.6) is 5.75 Å². The van der Waals surface area contributed by atoms with Gasteiger partial charge in [0.2, 0.25) is 0 Å². The Labute approximate surface area is 432 Å². The van der Waals surface area contributed by atoms with Crippen LogP contribution in [-0.2, 0) is 11.8 Å². The number of fused-ring (bicyclic) bond motifs is 4. The van der Waals surface area contributed by atoms with Gasteiger partial charge in [0.15, 0.2) is 0 Å². The second-order valence-corrected chi connectivity index (χ2v) is 19.2. The normalized spacial score (nSPS) is 15.1. The van der Waals surface area contributed by atoms with E-state index in [2.05, 4.69) is 254 Å². The van der Waals surface area contributed by atoms with Crippen molar-refractivity contribution in [3.8, 4) is 33.7 Å². The van der Waals surface area contributed by atoms with E-state index in [1.54, 1.807) is 7.11 Å². The van der Waals surface area contributed by atoms with E-state index in [4.69, 9.17) is 4.74 Å². The number of aromatic nitrogens is 1. The number of nitrogens with zero attached hydrogens (tertiary/aromatic N) is 2. The van der Waals surface area contributed by atoms with Crippen molar-refractivity contribution >= 4 is 39.6 Å². The van der Waals surface area contributed by atoms with Gasteiger partial charge in [-0.05, 0) is 159 Å². The second kappa shape index (κ2) is 20.7. The van der Waals surface area contributed by atoms with Gasteiger partial charge in [-0.15, -0.1) is 0 Å². The van der Waals surface area contributed by atoms with E-state index < -0.39 is 5.41 Å². The van der Waals surface area contributed by atoms with Crippen molar-refractivity contribution in [3.05, 3.63) is 282 Å². The second-order valence-electron chi connectivity index (χ2n) is 19.2. The minimum atomic E-state index is -0.467. The van der Waals surface area contributed by atoms with Crippen molar-refractivity contribution in [1.29, 1.82) is 0 Å². The zero-order valence-corrected chi connectivity index (χ0v) is 42.3. The van der Waals surface area contributed by atoms with Crippen LogP contribution in [0.1, 0.15) is 85.0 Å². The third-order valence-corrected chi connectivity index (χ3v) is 14.9. The van der Waals surface area contributed by atoms with Gasteiger partial charge in [-0.2, -0.15) is 0 Å². The summed E-state index contributed by atoms with van der Waals surface area (Å²) >= 11 is 0. The largest absolute Gasteiger partial charge is 0.496 e. The van der Waals surface area contributed by atoms with Crippen LogP contribution < -0.4 is 9.64 Å². The van der Waals surface area contributed by atoms with E-state index in [0.717, 1.165) is 78.2 Å². The molecule has 1 atom stereocenters. The predicted molar refractivity (Wildman–Crippen MR) is 310 cm³/mol. The Morgan fingerprint density at radius 1 is 0.671 bits per heavy atom. The SMILES string of the molecule is C=C/C(=C\CCC)c1ccc(N(c2ccc(-c3ccc(-n4c(/C=C\CC)c(Cc5ccccc5OC)c5ccccc54)cc3)cc2)c2ccc3c(c2)C(C2=CCCC=C2)(c2ccccc2)c2ccccc2-3)cc1. The van der Waals surface area contributed by atoms with Crippen molar-refractivity contribution in [2.75, 3.05) is 12.0 Å². The highest BCUT2D eigenvalue weighted by Gasteiger charge is 2.47. The predicted octanol–water partition coefficient (Wildman–Crippen LogP) is 18.8. The van der Waals surface area contributed by atoms with Crippen LogP contribution in [0, 0.1) is 0 Å². The number of rotatable bonds is 16. The molecule has 8 aromatic carbocycles. The molecule has 11 rings (SSSR count). The number of hydrogen-bond donors (Lipinski definition) is 0. The topological polar surface area (TPSA) is 17.4 Å². The van der Waals surface area contributed by atoms with Crippen LogP contribution in [0.15, 0.2) is 243 Å². The summed E-state index contributed by atoms with van der Waals surface area (Å²) in [4.78, 5) is 2.43. The maximum Gasteiger partial charge on any atom is 0.122 e. The van der Waals surface area contributed by atoms with Gasteiger partial charge in [-0.1, -0.05) is 197 Å². The Bertz CT molecular complexity index is 3570. The molecule has 1 heterocycles. The molecule has 0 amide bonds. The summed E-state index contributed by atoms with van der Waals surface area (Å²) < 4.78 is 8.24. The summed E-state index contributed by atoms with van der Waals surface area (Å²) in [5, 5.41) is 1.25. The highest BCUT2D eigenvalue weighted by atomic mass is 16.5. The minimum absolute atomic E-state index is 0.467. The van der Waals surface area contributed by atoms with Crippen LogP contribution in [0.2, 0.25) is 0 Å². The summed E-state index contributed by atoms with van der Waals surface area (Å²) in [7, 11) is 1.76. The molecule has 0 saturated heterocycles. The molecule has 0 spiro atoms. The van der Waals surface area contributed by atoms with Gasteiger partial charge >= 0.3 is 0 Å². The number of para-hydroxylation sites is 2. The molecule has 2 aliphatic rings. The molecule has 0 bridgehead atoms. The maximum atomic E-state index is 5.82. The number of ether oxygens (including phenoxy) is 1. The average Bonchev–Trinajstić information content (AvgIpc) is 3.94.